The summed E-state index contributed by atoms with van der Waals surface area (Å²) in [4.78, 5) is 4.46. The van der Waals surface area contributed by atoms with E-state index in [1.807, 2.05) is 28.9 Å². The Labute approximate surface area is 124 Å². The van der Waals surface area contributed by atoms with Crippen LogP contribution in [0.5, 0.6) is 0 Å². The molecule has 1 saturated carbocycles. The van der Waals surface area contributed by atoms with Crippen LogP contribution >= 0.6 is 11.6 Å². The minimum atomic E-state index is 0.353. The second-order valence-electron chi connectivity index (χ2n) is 5.48. The molecule has 20 heavy (non-hydrogen) atoms. The van der Waals surface area contributed by atoms with E-state index in [4.69, 9.17) is 17.3 Å². The van der Waals surface area contributed by atoms with Crippen LogP contribution in [0.4, 0.5) is 0 Å². The van der Waals surface area contributed by atoms with Crippen LogP contribution in [0.1, 0.15) is 43.0 Å². The number of hydrogen-bond donors (Lipinski definition) is 1. The molecule has 0 bridgehead atoms. The van der Waals surface area contributed by atoms with Gasteiger partial charge in [-0.3, -0.25) is 0 Å². The van der Waals surface area contributed by atoms with E-state index in [1.165, 1.54) is 0 Å². The van der Waals surface area contributed by atoms with Gasteiger partial charge in [-0.1, -0.05) is 29.8 Å². The molecule has 2 aromatic rings. The molecule has 2 N–H and O–H groups in total. The Bertz CT molecular complexity index is 573. The highest BCUT2D eigenvalue weighted by atomic mass is 35.5. The van der Waals surface area contributed by atoms with Gasteiger partial charge in [0.25, 0.3) is 0 Å². The maximum atomic E-state index is 6.22. The quantitative estimate of drug-likeness (QED) is 0.945. The van der Waals surface area contributed by atoms with Crippen LogP contribution in [-0.2, 0) is 6.54 Å². The number of nitrogens with two attached hydrogens (primary N) is 1. The fourth-order valence-electron chi connectivity index (χ4n) is 2.88. The maximum Gasteiger partial charge on any atom is 0.138 e. The van der Waals surface area contributed by atoms with E-state index in [-0.39, 0.29) is 0 Å². The van der Waals surface area contributed by atoms with Crippen LogP contribution in [0.25, 0.3) is 0 Å². The van der Waals surface area contributed by atoms with Crippen LogP contribution in [0.3, 0.4) is 0 Å². The topological polar surface area (TPSA) is 56.7 Å². The molecule has 0 saturated heterocycles. The van der Waals surface area contributed by atoms with Gasteiger partial charge in [-0.25, -0.2) is 9.67 Å². The summed E-state index contributed by atoms with van der Waals surface area (Å²) in [5.74, 6) is 1.54. The zero-order valence-corrected chi connectivity index (χ0v) is 12.1. The van der Waals surface area contributed by atoms with E-state index in [9.17, 15) is 0 Å². The Morgan fingerprint density at radius 3 is 2.70 bits per heavy atom. The molecule has 4 nitrogen and oxygen atoms in total. The molecule has 0 aliphatic heterocycles. The Hall–Kier alpha value is -1.39. The molecule has 0 unspecified atom stereocenters. The number of halogens is 1. The Morgan fingerprint density at radius 2 is 1.95 bits per heavy atom. The number of benzene rings is 1. The normalized spacial score (nSPS) is 22.9. The molecule has 3 rings (SSSR count). The van der Waals surface area contributed by atoms with Gasteiger partial charge in [-0.15, -0.1) is 0 Å². The van der Waals surface area contributed by atoms with Gasteiger partial charge in [0.15, 0.2) is 0 Å². The van der Waals surface area contributed by atoms with Gasteiger partial charge in [0.1, 0.15) is 12.2 Å². The predicted molar refractivity (Wildman–Crippen MR) is 79.8 cm³/mol. The van der Waals surface area contributed by atoms with Crippen molar-refractivity contribution in [2.45, 2.75) is 44.2 Å². The summed E-state index contributed by atoms with van der Waals surface area (Å²) >= 11 is 6.22. The first-order valence-electron chi connectivity index (χ1n) is 7.10. The van der Waals surface area contributed by atoms with Crippen molar-refractivity contribution in [1.82, 2.24) is 14.8 Å². The van der Waals surface area contributed by atoms with Crippen LogP contribution in [0, 0.1) is 0 Å². The van der Waals surface area contributed by atoms with Crippen molar-refractivity contribution in [2.24, 2.45) is 5.73 Å². The van der Waals surface area contributed by atoms with Crippen molar-refractivity contribution in [3.63, 3.8) is 0 Å². The molecule has 1 fully saturated rings. The highest BCUT2D eigenvalue weighted by Crippen LogP contribution is 2.31. The molecule has 1 heterocycles. The van der Waals surface area contributed by atoms with Gasteiger partial charge in [-0.2, -0.15) is 5.10 Å². The smallest absolute Gasteiger partial charge is 0.138 e. The Morgan fingerprint density at radius 1 is 1.20 bits per heavy atom. The van der Waals surface area contributed by atoms with E-state index in [1.54, 1.807) is 6.33 Å². The maximum absolute atomic E-state index is 6.22. The van der Waals surface area contributed by atoms with Crippen molar-refractivity contribution in [1.29, 1.82) is 0 Å². The largest absolute Gasteiger partial charge is 0.328 e. The van der Waals surface area contributed by atoms with Crippen LogP contribution in [0.15, 0.2) is 30.6 Å². The standard InChI is InChI=1S/C15H19ClN4/c16-14-4-2-1-3-12(14)9-20-15(18-10-19-20)11-5-7-13(17)8-6-11/h1-4,10-11,13H,5-9,17H2. The first-order chi connectivity index (χ1) is 9.74. The van der Waals surface area contributed by atoms with E-state index >= 15 is 0 Å². The third-order valence-electron chi connectivity index (χ3n) is 4.06. The lowest BCUT2D eigenvalue weighted by Crippen LogP contribution is -2.27. The van der Waals surface area contributed by atoms with Gasteiger partial charge in [-0.05, 0) is 37.3 Å². The molecule has 0 amide bonds. The van der Waals surface area contributed by atoms with Crippen LogP contribution < -0.4 is 5.73 Å². The molecule has 1 aromatic heterocycles. The molecular formula is C15H19ClN4. The molecule has 0 spiro atoms. The second-order valence-corrected chi connectivity index (χ2v) is 5.89. The summed E-state index contributed by atoms with van der Waals surface area (Å²) in [5.41, 5.74) is 7.05. The highest BCUT2D eigenvalue weighted by molar-refractivity contribution is 6.31. The third-order valence-corrected chi connectivity index (χ3v) is 4.43. The molecule has 0 atom stereocenters. The number of hydrogen-bond acceptors (Lipinski definition) is 3. The van der Waals surface area contributed by atoms with Gasteiger partial charge >= 0.3 is 0 Å². The lowest BCUT2D eigenvalue weighted by atomic mass is 9.86. The summed E-state index contributed by atoms with van der Waals surface area (Å²) in [5, 5.41) is 5.14. The average Bonchev–Trinajstić information content (AvgIpc) is 2.90. The molecule has 106 valence electrons. The van der Waals surface area contributed by atoms with Crippen LogP contribution in [-0.4, -0.2) is 20.8 Å². The van der Waals surface area contributed by atoms with E-state index in [0.29, 0.717) is 18.5 Å². The number of aromatic nitrogens is 3. The monoisotopic (exact) mass is 290 g/mol. The summed E-state index contributed by atoms with van der Waals surface area (Å²) in [6.07, 6.45) is 5.98. The van der Waals surface area contributed by atoms with Crippen molar-refractivity contribution in [3.05, 3.63) is 47.0 Å². The lowest BCUT2D eigenvalue weighted by molar-refractivity contribution is 0.374. The molecule has 1 aliphatic rings. The van der Waals surface area contributed by atoms with E-state index in [2.05, 4.69) is 10.1 Å². The van der Waals surface area contributed by atoms with Crippen molar-refractivity contribution in [2.75, 3.05) is 0 Å². The molecule has 1 aromatic carbocycles. The van der Waals surface area contributed by atoms with Crippen LogP contribution in [0.2, 0.25) is 5.02 Å². The summed E-state index contributed by atoms with van der Waals surface area (Å²) in [7, 11) is 0. The fraction of sp³-hybridized carbons (Fsp3) is 0.467. The zero-order chi connectivity index (χ0) is 13.9. The van der Waals surface area contributed by atoms with Gasteiger partial charge < -0.3 is 5.73 Å². The molecule has 5 heteroatoms. The highest BCUT2D eigenvalue weighted by Gasteiger charge is 2.24. The summed E-state index contributed by atoms with van der Waals surface area (Å²) < 4.78 is 1.97. The lowest BCUT2D eigenvalue weighted by Gasteiger charge is -2.25. The minimum Gasteiger partial charge on any atom is -0.328 e. The van der Waals surface area contributed by atoms with Gasteiger partial charge in [0.05, 0.1) is 6.54 Å². The van der Waals surface area contributed by atoms with Crippen molar-refractivity contribution >= 4 is 11.6 Å². The molecular weight excluding hydrogens is 272 g/mol. The minimum absolute atomic E-state index is 0.353. The summed E-state index contributed by atoms with van der Waals surface area (Å²) in [6.45, 7) is 0.678. The van der Waals surface area contributed by atoms with E-state index < -0.39 is 0 Å². The van der Waals surface area contributed by atoms with Crippen molar-refractivity contribution in [3.8, 4) is 0 Å². The predicted octanol–water partition coefficient (Wildman–Crippen LogP) is 2.96. The Balaban J connectivity index is 1.79. The second kappa shape index (κ2) is 5.94. The zero-order valence-electron chi connectivity index (χ0n) is 11.4. The summed E-state index contributed by atoms with van der Waals surface area (Å²) in [6, 6.07) is 8.23. The number of rotatable bonds is 3. The fourth-order valence-corrected chi connectivity index (χ4v) is 3.07. The third kappa shape index (κ3) is 2.86. The van der Waals surface area contributed by atoms with Gasteiger partial charge in [0, 0.05) is 17.0 Å². The number of nitrogens with zero attached hydrogens (tertiary/aromatic N) is 3. The molecule has 1 aliphatic carbocycles. The average molecular weight is 291 g/mol. The SMILES string of the molecule is NC1CCC(c2ncnn2Cc2ccccc2Cl)CC1. The van der Waals surface area contributed by atoms with E-state index in [0.717, 1.165) is 42.1 Å². The first kappa shape index (κ1) is 13.6. The first-order valence-corrected chi connectivity index (χ1v) is 7.48. The molecule has 0 radical (unpaired) electrons. The van der Waals surface area contributed by atoms with Crippen molar-refractivity contribution < 1.29 is 0 Å². The Kier molecular flexibility index (Phi) is 4.03. The van der Waals surface area contributed by atoms with Gasteiger partial charge in [0.2, 0.25) is 0 Å².